The van der Waals surface area contributed by atoms with Crippen molar-refractivity contribution in [1.29, 1.82) is 0 Å². The molecule has 0 aromatic heterocycles. The van der Waals surface area contributed by atoms with Crippen LogP contribution in [0.5, 0.6) is 5.75 Å². The molecule has 0 fully saturated rings. The van der Waals surface area contributed by atoms with E-state index in [9.17, 15) is 13.2 Å². The number of methoxy groups -OCH3 is 1. The Kier molecular flexibility index (Phi) is 7.99. The van der Waals surface area contributed by atoms with Gasteiger partial charge in [-0.25, -0.2) is 13.8 Å². The summed E-state index contributed by atoms with van der Waals surface area (Å²) in [6, 6.07) is 21.9. The number of benzene rings is 3. The minimum atomic E-state index is -3.92. The molecule has 0 bridgehead atoms. The number of hydrogen-bond donors (Lipinski definition) is 1. The summed E-state index contributed by atoms with van der Waals surface area (Å²) < 4.78 is 32.6. The van der Waals surface area contributed by atoms with Crippen LogP contribution in [0.2, 0.25) is 5.02 Å². The minimum Gasteiger partial charge on any atom is -0.497 e. The molecule has 166 valence electrons. The molecule has 0 saturated carbocycles. The Hall–Kier alpha value is -3.20. The van der Waals surface area contributed by atoms with Crippen LogP contribution in [0.15, 0.2) is 88.9 Å². The van der Waals surface area contributed by atoms with Crippen molar-refractivity contribution in [2.24, 2.45) is 5.10 Å². The van der Waals surface area contributed by atoms with Gasteiger partial charge >= 0.3 is 0 Å². The first-order valence-electron chi connectivity index (χ1n) is 9.64. The largest absolute Gasteiger partial charge is 0.497 e. The zero-order chi connectivity index (χ0) is 23.0. The second-order valence-corrected chi connectivity index (χ2v) is 9.16. The summed E-state index contributed by atoms with van der Waals surface area (Å²) in [5, 5.41) is 4.46. The van der Waals surface area contributed by atoms with E-state index in [0.717, 1.165) is 9.87 Å². The molecule has 0 heterocycles. The van der Waals surface area contributed by atoms with Crippen LogP contribution in [0.1, 0.15) is 11.1 Å². The summed E-state index contributed by atoms with van der Waals surface area (Å²) in [5.74, 6) is 0.0842. The first kappa shape index (κ1) is 23.5. The lowest BCUT2D eigenvalue weighted by Crippen LogP contribution is -2.39. The zero-order valence-electron chi connectivity index (χ0n) is 17.3. The third kappa shape index (κ3) is 6.40. The van der Waals surface area contributed by atoms with E-state index in [2.05, 4.69) is 10.5 Å². The van der Waals surface area contributed by atoms with Crippen LogP contribution in [0.3, 0.4) is 0 Å². The molecule has 3 aromatic rings. The van der Waals surface area contributed by atoms with E-state index in [0.29, 0.717) is 16.3 Å². The van der Waals surface area contributed by atoms with Gasteiger partial charge in [0.2, 0.25) is 10.0 Å². The van der Waals surface area contributed by atoms with Gasteiger partial charge in [-0.1, -0.05) is 54.1 Å². The van der Waals surface area contributed by atoms with Gasteiger partial charge in [-0.3, -0.25) is 4.79 Å². The third-order valence-corrected chi connectivity index (χ3v) is 6.53. The van der Waals surface area contributed by atoms with E-state index in [1.165, 1.54) is 18.3 Å². The Bertz CT molecular complexity index is 1180. The van der Waals surface area contributed by atoms with Gasteiger partial charge < -0.3 is 4.74 Å². The molecule has 7 nitrogen and oxygen atoms in total. The van der Waals surface area contributed by atoms with Gasteiger partial charge in [0.1, 0.15) is 5.75 Å². The van der Waals surface area contributed by atoms with Crippen LogP contribution in [0.25, 0.3) is 0 Å². The number of carbonyl (C=O) groups is 1. The fraction of sp³-hybridized carbons (Fsp3) is 0.130. The first-order valence-corrected chi connectivity index (χ1v) is 11.5. The molecular formula is C23H22ClN3O4S. The van der Waals surface area contributed by atoms with E-state index < -0.39 is 22.5 Å². The number of rotatable bonds is 9. The van der Waals surface area contributed by atoms with Gasteiger partial charge in [0.05, 0.1) is 24.8 Å². The number of sulfonamides is 1. The van der Waals surface area contributed by atoms with Gasteiger partial charge in [0, 0.05) is 11.6 Å². The van der Waals surface area contributed by atoms with Crippen molar-refractivity contribution in [3.8, 4) is 5.75 Å². The van der Waals surface area contributed by atoms with Crippen LogP contribution in [-0.2, 0) is 21.4 Å². The smallest absolute Gasteiger partial charge is 0.255 e. The molecule has 0 atom stereocenters. The number of hydrazone groups is 1. The third-order valence-electron chi connectivity index (χ3n) is 4.47. The number of amides is 1. The molecule has 0 aliphatic carbocycles. The number of nitrogens with one attached hydrogen (secondary N) is 1. The molecule has 3 aromatic carbocycles. The molecule has 32 heavy (non-hydrogen) atoms. The number of nitrogens with zero attached hydrogens (tertiary/aromatic N) is 2. The summed E-state index contributed by atoms with van der Waals surface area (Å²) in [6.07, 6.45) is 1.45. The summed E-state index contributed by atoms with van der Waals surface area (Å²) in [4.78, 5) is 12.6. The van der Waals surface area contributed by atoms with Gasteiger partial charge in [-0.2, -0.15) is 9.41 Å². The van der Waals surface area contributed by atoms with Crippen LogP contribution >= 0.6 is 11.6 Å². The summed E-state index contributed by atoms with van der Waals surface area (Å²) >= 11 is 5.93. The highest BCUT2D eigenvalue weighted by molar-refractivity contribution is 7.89. The molecule has 0 unspecified atom stereocenters. The van der Waals surface area contributed by atoms with E-state index in [1.807, 2.05) is 0 Å². The number of carbonyl (C=O) groups excluding carboxylic acids is 1. The van der Waals surface area contributed by atoms with Gasteiger partial charge in [0.25, 0.3) is 5.91 Å². The Morgan fingerprint density at radius 1 is 1.06 bits per heavy atom. The van der Waals surface area contributed by atoms with Crippen molar-refractivity contribution in [1.82, 2.24) is 9.73 Å². The van der Waals surface area contributed by atoms with Crippen LogP contribution in [-0.4, -0.2) is 38.5 Å². The van der Waals surface area contributed by atoms with E-state index in [1.54, 1.807) is 73.8 Å². The summed E-state index contributed by atoms with van der Waals surface area (Å²) in [5.41, 5.74) is 3.80. The van der Waals surface area contributed by atoms with Crippen molar-refractivity contribution < 1.29 is 17.9 Å². The van der Waals surface area contributed by atoms with Crippen molar-refractivity contribution in [2.75, 3.05) is 13.7 Å². The normalized spacial score (nSPS) is 11.6. The average Bonchev–Trinajstić information content (AvgIpc) is 2.80. The van der Waals surface area contributed by atoms with Crippen LogP contribution in [0, 0.1) is 0 Å². The highest BCUT2D eigenvalue weighted by Crippen LogP contribution is 2.19. The quantitative estimate of drug-likeness (QED) is 0.381. The Morgan fingerprint density at radius 3 is 2.47 bits per heavy atom. The highest BCUT2D eigenvalue weighted by Gasteiger charge is 2.26. The number of halogens is 1. The minimum absolute atomic E-state index is 0.00140. The number of hydrogen-bond acceptors (Lipinski definition) is 5. The summed E-state index contributed by atoms with van der Waals surface area (Å²) in [7, 11) is -2.36. The molecular weight excluding hydrogens is 450 g/mol. The Labute approximate surface area is 192 Å². The highest BCUT2D eigenvalue weighted by atomic mass is 35.5. The Balaban J connectivity index is 1.76. The molecule has 1 N–H and O–H groups in total. The molecule has 0 saturated heterocycles. The maximum absolute atomic E-state index is 13.2. The fourth-order valence-electron chi connectivity index (χ4n) is 2.86. The van der Waals surface area contributed by atoms with E-state index in [-0.39, 0.29) is 11.4 Å². The van der Waals surface area contributed by atoms with Gasteiger partial charge in [-0.05, 0) is 47.5 Å². The monoisotopic (exact) mass is 471 g/mol. The maximum atomic E-state index is 13.2. The first-order chi connectivity index (χ1) is 15.4. The van der Waals surface area contributed by atoms with Crippen LogP contribution in [0.4, 0.5) is 0 Å². The lowest BCUT2D eigenvalue weighted by Gasteiger charge is -2.21. The molecule has 0 spiro atoms. The molecule has 3 rings (SSSR count). The second kappa shape index (κ2) is 10.9. The predicted octanol–water partition coefficient (Wildman–Crippen LogP) is 3.69. The van der Waals surface area contributed by atoms with Gasteiger partial charge in [-0.15, -0.1) is 0 Å². The standard InChI is InChI=1S/C23H22ClN3O4S/c1-31-21-7-5-6-19(14-21)15-25-26-23(28)17-27(16-18-10-12-20(24)13-11-18)32(29,30)22-8-3-2-4-9-22/h2-15H,16-17H2,1H3,(H,26,28)/b25-15+. The van der Waals surface area contributed by atoms with Crippen molar-refractivity contribution in [3.63, 3.8) is 0 Å². The molecule has 1 amide bonds. The SMILES string of the molecule is COc1cccc(/C=N/NC(=O)CN(Cc2ccc(Cl)cc2)S(=O)(=O)c2ccccc2)c1. The van der Waals surface area contributed by atoms with Gasteiger partial charge in [0.15, 0.2) is 0 Å². The number of ether oxygens (including phenoxy) is 1. The maximum Gasteiger partial charge on any atom is 0.255 e. The molecule has 0 radical (unpaired) electrons. The van der Waals surface area contributed by atoms with E-state index >= 15 is 0 Å². The van der Waals surface area contributed by atoms with Crippen molar-refractivity contribution in [2.45, 2.75) is 11.4 Å². The topological polar surface area (TPSA) is 88.1 Å². The Morgan fingerprint density at radius 2 is 1.78 bits per heavy atom. The van der Waals surface area contributed by atoms with Crippen molar-refractivity contribution >= 4 is 33.7 Å². The molecule has 9 heteroatoms. The van der Waals surface area contributed by atoms with E-state index in [4.69, 9.17) is 16.3 Å². The van der Waals surface area contributed by atoms with Crippen LogP contribution < -0.4 is 10.2 Å². The lowest BCUT2D eigenvalue weighted by atomic mass is 10.2. The second-order valence-electron chi connectivity index (χ2n) is 6.78. The fourth-order valence-corrected chi connectivity index (χ4v) is 4.39. The molecule has 0 aliphatic rings. The molecule has 0 aliphatic heterocycles. The average molecular weight is 472 g/mol. The predicted molar refractivity (Wildman–Crippen MR) is 124 cm³/mol. The van der Waals surface area contributed by atoms with Crippen molar-refractivity contribution in [3.05, 3.63) is 95.0 Å². The zero-order valence-corrected chi connectivity index (χ0v) is 18.9. The summed E-state index contributed by atoms with van der Waals surface area (Å²) in [6.45, 7) is -0.406. The lowest BCUT2D eigenvalue weighted by molar-refractivity contribution is -0.121.